The number of carbonyl (C=O) groups excluding carboxylic acids is 3. The summed E-state index contributed by atoms with van der Waals surface area (Å²) in [5.41, 5.74) is 5.34. The van der Waals surface area contributed by atoms with E-state index in [0.717, 1.165) is 32.1 Å². The molecule has 2 rings (SSSR count). The molecular weight excluding hydrogens is 296 g/mol. The van der Waals surface area contributed by atoms with E-state index >= 15 is 0 Å². The van der Waals surface area contributed by atoms with E-state index in [9.17, 15) is 14.4 Å². The molecule has 1 saturated carbocycles. The van der Waals surface area contributed by atoms with Crippen molar-refractivity contribution in [3.63, 3.8) is 0 Å². The third-order valence-corrected chi connectivity index (χ3v) is 4.96. The molecule has 7 heteroatoms. The molecule has 0 aromatic rings. The zero-order valence-corrected chi connectivity index (χ0v) is 14.1. The lowest BCUT2D eigenvalue weighted by Gasteiger charge is -2.30. The van der Waals surface area contributed by atoms with Crippen LogP contribution in [0.2, 0.25) is 0 Å². The Morgan fingerprint density at radius 3 is 2.35 bits per heavy atom. The topological polar surface area (TPSA) is 95.7 Å². The molecule has 2 fully saturated rings. The lowest BCUT2D eigenvalue weighted by atomic mass is 9.85. The van der Waals surface area contributed by atoms with E-state index in [1.165, 1.54) is 0 Å². The third kappa shape index (κ3) is 4.43. The number of nitrogens with two attached hydrogens (primary N) is 1. The maximum Gasteiger partial charge on any atom is 0.240 e. The molecular formula is C16H28N4O3. The fraction of sp³-hybridized carbons (Fsp3) is 0.812. The van der Waals surface area contributed by atoms with Crippen molar-refractivity contribution in [3.8, 4) is 0 Å². The van der Waals surface area contributed by atoms with E-state index < -0.39 is 11.9 Å². The predicted octanol–water partition coefficient (Wildman–Crippen LogP) is -0.301. The highest BCUT2D eigenvalue weighted by atomic mass is 16.2. The first-order valence-corrected chi connectivity index (χ1v) is 8.43. The second-order valence-corrected chi connectivity index (χ2v) is 6.81. The van der Waals surface area contributed by atoms with Crippen LogP contribution in [-0.4, -0.2) is 66.8 Å². The Morgan fingerprint density at radius 2 is 1.78 bits per heavy atom. The van der Waals surface area contributed by atoms with Gasteiger partial charge in [0.05, 0.1) is 6.54 Å². The molecule has 3 amide bonds. The van der Waals surface area contributed by atoms with E-state index in [1.54, 1.807) is 23.9 Å². The van der Waals surface area contributed by atoms with Gasteiger partial charge in [0.25, 0.3) is 0 Å². The van der Waals surface area contributed by atoms with Crippen LogP contribution in [0.25, 0.3) is 0 Å². The average molecular weight is 324 g/mol. The molecule has 1 heterocycles. The fourth-order valence-electron chi connectivity index (χ4n) is 3.60. The van der Waals surface area contributed by atoms with Crippen molar-refractivity contribution in [1.82, 2.24) is 15.1 Å². The van der Waals surface area contributed by atoms with Crippen molar-refractivity contribution in [1.29, 1.82) is 0 Å². The summed E-state index contributed by atoms with van der Waals surface area (Å²) in [5, 5.41) is 3.28. The van der Waals surface area contributed by atoms with Crippen LogP contribution in [0.3, 0.4) is 0 Å². The number of primary amides is 1. The van der Waals surface area contributed by atoms with E-state index in [2.05, 4.69) is 5.32 Å². The van der Waals surface area contributed by atoms with Crippen molar-refractivity contribution in [2.75, 3.05) is 27.2 Å². The molecule has 3 N–H and O–H groups in total. The van der Waals surface area contributed by atoms with Crippen molar-refractivity contribution in [3.05, 3.63) is 0 Å². The summed E-state index contributed by atoms with van der Waals surface area (Å²) in [6.07, 6.45) is 5.01. The highest BCUT2D eigenvalue weighted by Crippen LogP contribution is 2.25. The van der Waals surface area contributed by atoms with Crippen molar-refractivity contribution < 1.29 is 14.4 Å². The molecule has 1 saturated heterocycles. The molecule has 0 bridgehead atoms. The zero-order valence-electron chi connectivity index (χ0n) is 14.1. The van der Waals surface area contributed by atoms with E-state index in [4.69, 9.17) is 5.73 Å². The second-order valence-electron chi connectivity index (χ2n) is 6.81. The van der Waals surface area contributed by atoms with Gasteiger partial charge in [-0.05, 0) is 38.5 Å². The molecule has 0 radical (unpaired) electrons. The first-order chi connectivity index (χ1) is 10.9. The first-order valence-electron chi connectivity index (χ1n) is 8.43. The molecule has 2 aliphatic rings. The Kier molecular flexibility index (Phi) is 5.98. The largest absolute Gasteiger partial charge is 0.368 e. The number of amides is 3. The minimum Gasteiger partial charge on any atom is -0.368 e. The van der Waals surface area contributed by atoms with Gasteiger partial charge in [0.1, 0.15) is 6.04 Å². The fourth-order valence-corrected chi connectivity index (χ4v) is 3.60. The number of likely N-dealkylation sites (tertiary alicyclic amines) is 1. The van der Waals surface area contributed by atoms with Crippen molar-refractivity contribution >= 4 is 17.7 Å². The number of hydrogen-bond donors (Lipinski definition) is 2. The van der Waals surface area contributed by atoms with E-state index in [0.29, 0.717) is 13.0 Å². The van der Waals surface area contributed by atoms with Crippen LogP contribution in [0.1, 0.15) is 38.5 Å². The molecule has 1 atom stereocenters. The second kappa shape index (κ2) is 7.77. The minimum absolute atomic E-state index is 0.0576. The third-order valence-electron chi connectivity index (χ3n) is 4.96. The smallest absolute Gasteiger partial charge is 0.240 e. The average Bonchev–Trinajstić information content (AvgIpc) is 3.02. The Balaban J connectivity index is 1.74. The molecule has 7 nitrogen and oxygen atoms in total. The summed E-state index contributed by atoms with van der Waals surface area (Å²) < 4.78 is 0. The van der Waals surface area contributed by atoms with Gasteiger partial charge in [0, 0.05) is 32.6 Å². The Labute approximate surface area is 137 Å². The molecule has 0 aromatic carbocycles. The Bertz CT molecular complexity index is 458. The normalized spacial score (nSPS) is 27.7. The van der Waals surface area contributed by atoms with Gasteiger partial charge < -0.3 is 20.9 Å². The Hall–Kier alpha value is -1.63. The van der Waals surface area contributed by atoms with E-state index in [1.807, 2.05) is 0 Å². The quantitative estimate of drug-likeness (QED) is 0.726. The number of hydrogen-bond acceptors (Lipinski definition) is 4. The number of rotatable bonds is 5. The number of nitrogens with zero attached hydrogens (tertiary/aromatic N) is 2. The van der Waals surface area contributed by atoms with Crippen LogP contribution in [-0.2, 0) is 14.4 Å². The maximum absolute atomic E-state index is 12.3. The van der Waals surface area contributed by atoms with Crippen LogP contribution in [0.15, 0.2) is 0 Å². The summed E-state index contributed by atoms with van der Waals surface area (Å²) in [6.45, 7) is 0.846. The Morgan fingerprint density at radius 1 is 1.13 bits per heavy atom. The van der Waals surface area contributed by atoms with Gasteiger partial charge in [-0.2, -0.15) is 0 Å². The van der Waals surface area contributed by atoms with E-state index in [-0.39, 0.29) is 30.3 Å². The first kappa shape index (κ1) is 17.7. The number of nitrogens with one attached hydrogen (secondary N) is 1. The summed E-state index contributed by atoms with van der Waals surface area (Å²) in [4.78, 5) is 38.8. The molecule has 0 aromatic heterocycles. The lowest BCUT2D eigenvalue weighted by Crippen LogP contribution is -2.48. The van der Waals surface area contributed by atoms with Gasteiger partial charge in [-0.3, -0.25) is 14.4 Å². The van der Waals surface area contributed by atoms with Crippen LogP contribution >= 0.6 is 0 Å². The summed E-state index contributed by atoms with van der Waals surface area (Å²) in [6, 6.07) is -0.183. The zero-order chi connectivity index (χ0) is 17.0. The van der Waals surface area contributed by atoms with Crippen molar-refractivity contribution in [2.24, 2.45) is 11.7 Å². The SMILES string of the molecule is CN(C)C(=O)C1CCC(NCC(=O)N2CCC[C@H]2C(N)=O)CC1. The number of carbonyl (C=O) groups is 3. The van der Waals surface area contributed by atoms with Gasteiger partial charge in [0.15, 0.2) is 0 Å². The van der Waals surface area contributed by atoms with Gasteiger partial charge >= 0.3 is 0 Å². The molecule has 130 valence electrons. The highest BCUT2D eigenvalue weighted by Gasteiger charge is 2.33. The summed E-state index contributed by atoms with van der Waals surface area (Å²) in [5.74, 6) is -0.172. The van der Waals surface area contributed by atoms with Gasteiger partial charge in [-0.1, -0.05) is 0 Å². The van der Waals surface area contributed by atoms with Crippen LogP contribution in [0, 0.1) is 5.92 Å². The van der Waals surface area contributed by atoms with Crippen molar-refractivity contribution in [2.45, 2.75) is 50.6 Å². The van der Waals surface area contributed by atoms with Crippen LogP contribution < -0.4 is 11.1 Å². The van der Waals surface area contributed by atoms with Crippen LogP contribution in [0.4, 0.5) is 0 Å². The minimum atomic E-state index is -0.447. The van der Waals surface area contributed by atoms with Crippen LogP contribution in [0.5, 0.6) is 0 Å². The summed E-state index contributed by atoms with van der Waals surface area (Å²) >= 11 is 0. The molecule has 1 aliphatic heterocycles. The molecule has 1 aliphatic carbocycles. The van der Waals surface area contributed by atoms with Gasteiger partial charge in [-0.25, -0.2) is 0 Å². The lowest BCUT2D eigenvalue weighted by molar-refractivity contribution is -0.137. The monoisotopic (exact) mass is 324 g/mol. The maximum atomic E-state index is 12.3. The van der Waals surface area contributed by atoms with Gasteiger partial charge in [0.2, 0.25) is 17.7 Å². The molecule has 0 spiro atoms. The molecule has 23 heavy (non-hydrogen) atoms. The highest BCUT2D eigenvalue weighted by molar-refractivity contribution is 5.88. The summed E-state index contributed by atoms with van der Waals surface area (Å²) in [7, 11) is 3.58. The standard InChI is InChI=1S/C16H28N4O3/c1-19(2)16(23)11-5-7-12(8-6-11)18-10-14(21)20-9-3-4-13(20)15(17)22/h11-13,18H,3-10H2,1-2H3,(H2,17,22)/t11?,12?,13-/m0/s1. The van der Waals surface area contributed by atoms with Gasteiger partial charge in [-0.15, -0.1) is 0 Å². The molecule has 0 unspecified atom stereocenters. The predicted molar refractivity (Wildman–Crippen MR) is 86.4 cm³/mol.